The molecule has 0 amide bonds. The van der Waals surface area contributed by atoms with Gasteiger partial charge in [-0.2, -0.15) is 0 Å². The third-order valence-electron chi connectivity index (χ3n) is 3.77. The normalized spacial score (nSPS) is 17.5. The Bertz CT molecular complexity index is 872. The van der Waals surface area contributed by atoms with Gasteiger partial charge < -0.3 is 9.74 Å². The summed E-state index contributed by atoms with van der Waals surface area (Å²) in [7, 11) is 1.87. The molecule has 0 spiro atoms. The SMILES string of the molecule is CN(C)CCO/N=C1\c2ccccc2N(C)S(=O)(=O)c2ccsc21. The molecule has 0 N–H and O–H groups in total. The van der Waals surface area contributed by atoms with Gasteiger partial charge in [-0.25, -0.2) is 8.42 Å². The Labute approximate surface area is 146 Å². The number of hydrogen-bond donors (Lipinski definition) is 0. The van der Waals surface area contributed by atoms with Crippen molar-refractivity contribution in [3.05, 3.63) is 46.2 Å². The fourth-order valence-corrected chi connectivity index (χ4v) is 5.06. The van der Waals surface area contributed by atoms with Crippen molar-refractivity contribution >= 4 is 32.8 Å². The topological polar surface area (TPSA) is 62.2 Å². The van der Waals surface area contributed by atoms with Crippen molar-refractivity contribution in [2.24, 2.45) is 5.16 Å². The van der Waals surface area contributed by atoms with E-state index in [9.17, 15) is 8.42 Å². The number of benzene rings is 1. The second-order valence-electron chi connectivity index (χ2n) is 5.68. The van der Waals surface area contributed by atoms with Crippen LogP contribution in [0.25, 0.3) is 0 Å². The molecule has 3 rings (SSSR count). The summed E-state index contributed by atoms with van der Waals surface area (Å²) in [6, 6.07) is 8.94. The molecule has 0 saturated heterocycles. The zero-order valence-electron chi connectivity index (χ0n) is 13.8. The second kappa shape index (κ2) is 6.54. The molecule has 8 heteroatoms. The van der Waals surface area contributed by atoms with Crippen LogP contribution < -0.4 is 4.31 Å². The number of fused-ring (bicyclic) bond motifs is 2. The number of thiophene rings is 1. The van der Waals surface area contributed by atoms with Crippen molar-refractivity contribution < 1.29 is 13.3 Å². The van der Waals surface area contributed by atoms with Gasteiger partial charge in [0.05, 0.1) is 10.6 Å². The number of hydrogen-bond acceptors (Lipinski definition) is 6. The Hall–Kier alpha value is -1.90. The Balaban J connectivity index is 2.12. The van der Waals surface area contributed by atoms with Crippen LogP contribution in [0.3, 0.4) is 0 Å². The minimum Gasteiger partial charge on any atom is -0.394 e. The van der Waals surface area contributed by atoms with Crippen LogP contribution in [0.2, 0.25) is 0 Å². The van der Waals surface area contributed by atoms with Crippen LogP contribution >= 0.6 is 11.3 Å². The van der Waals surface area contributed by atoms with Gasteiger partial charge >= 0.3 is 0 Å². The molecular weight excluding hydrogens is 346 g/mol. The number of para-hydroxylation sites is 1. The van der Waals surface area contributed by atoms with E-state index in [4.69, 9.17) is 4.84 Å². The van der Waals surface area contributed by atoms with Crippen LogP contribution in [0, 0.1) is 0 Å². The minimum absolute atomic E-state index is 0.265. The maximum absolute atomic E-state index is 12.8. The van der Waals surface area contributed by atoms with E-state index in [0.717, 1.165) is 12.1 Å². The zero-order chi connectivity index (χ0) is 17.3. The molecule has 128 valence electrons. The fourth-order valence-electron chi connectivity index (χ4n) is 2.45. The maximum atomic E-state index is 12.8. The summed E-state index contributed by atoms with van der Waals surface area (Å²) >= 11 is 1.35. The quantitative estimate of drug-likeness (QED) is 0.616. The fraction of sp³-hybridized carbons (Fsp3) is 0.312. The van der Waals surface area contributed by atoms with Gasteiger partial charge in [-0.1, -0.05) is 23.4 Å². The number of anilines is 1. The molecule has 0 fully saturated rings. The molecule has 0 unspecified atom stereocenters. The monoisotopic (exact) mass is 365 g/mol. The molecule has 24 heavy (non-hydrogen) atoms. The van der Waals surface area contributed by atoms with Gasteiger partial charge in [0.1, 0.15) is 17.2 Å². The molecule has 1 aliphatic heterocycles. The highest BCUT2D eigenvalue weighted by molar-refractivity contribution is 7.93. The van der Waals surface area contributed by atoms with Crippen LogP contribution in [0.4, 0.5) is 5.69 Å². The van der Waals surface area contributed by atoms with Gasteiger partial charge in [-0.15, -0.1) is 11.3 Å². The molecule has 1 aliphatic rings. The van der Waals surface area contributed by atoms with E-state index in [-0.39, 0.29) is 4.90 Å². The van der Waals surface area contributed by atoms with Gasteiger partial charge in [0.15, 0.2) is 0 Å². The minimum atomic E-state index is -3.61. The van der Waals surface area contributed by atoms with E-state index in [1.807, 2.05) is 37.2 Å². The summed E-state index contributed by atoms with van der Waals surface area (Å²) in [5, 5.41) is 6.04. The molecule has 2 aromatic rings. The van der Waals surface area contributed by atoms with Gasteiger partial charge in [0.2, 0.25) is 0 Å². The summed E-state index contributed by atoms with van der Waals surface area (Å²) in [5.41, 5.74) is 1.90. The van der Waals surface area contributed by atoms with E-state index in [1.165, 1.54) is 15.6 Å². The standard InChI is InChI=1S/C16H19N3O3S2/c1-18(2)9-10-22-17-15-12-6-4-5-7-13(12)19(3)24(20,21)14-8-11-23-16(14)15/h4-8,11H,9-10H2,1-3H3/b17-15+. The van der Waals surface area contributed by atoms with Crippen molar-refractivity contribution in [3.8, 4) is 0 Å². The molecule has 1 aromatic heterocycles. The summed E-state index contributed by atoms with van der Waals surface area (Å²) in [5.74, 6) is 0. The van der Waals surface area contributed by atoms with Crippen LogP contribution in [-0.4, -0.2) is 53.3 Å². The van der Waals surface area contributed by atoms with Crippen LogP contribution in [0.1, 0.15) is 10.4 Å². The van der Waals surface area contributed by atoms with Crippen LogP contribution in [-0.2, 0) is 14.9 Å². The number of rotatable bonds is 4. The summed E-state index contributed by atoms with van der Waals surface area (Å²) in [6.45, 7) is 1.16. The van der Waals surface area contributed by atoms with E-state index in [0.29, 0.717) is 22.9 Å². The highest BCUT2D eigenvalue weighted by Gasteiger charge is 2.34. The van der Waals surface area contributed by atoms with Crippen molar-refractivity contribution in [3.63, 3.8) is 0 Å². The smallest absolute Gasteiger partial charge is 0.265 e. The van der Waals surface area contributed by atoms with Crippen LogP contribution in [0.5, 0.6) is 0 Å². The van der Waals surface area contributed by atoms with Crippen molar-refractivity contribution in [2.75, 3.05) is 38.6 Å². The number of sulfonamides is 1. The van der Waals surface area contributed by atoms with Crippen LogP contribution in [0.15, 0.2) is 45.8 Å². The third-order valence-corrected chi connectivity index (χ3v) is 6.63. The first kappa shape index (κ1) is 16.9. The van der Waals surface area contributed by atoms with Gasteiger partial charge in [0, 0.05) is 19.2 Å². The maximum Gasteiger partial charge on any atom is 0.265 e. The molecule has 1 aromatic carbocycles. The van der Waals surface area contributed by atoms with E-state index in [1.54, 1.807) is 24.6 Å². The van der Waals surface area contributed by atoms with E-state index in [2.05, 4.69) is 5.16 Å². The predicted octanol–water partition coefficient (Wildman–Crippen LogP) is 2.22. The molecule has 0 atom stereocenters. The second-order valence-corrected chi connectivity index (χ2v) is 8.53. The van der Waals surface area contributed by atoms with Gasteiger partial charge in [0.25, 0.3) is 10.0 Å². The lowest BCUT2D eigenvalue weighted by Crippen LogP contribution is -2.26. The number of oxime groups is 1. The average molecular weight is 365 g/mol. The molecule has 0 bridgehead atoms. The Morgan fingerprint density at radius 1 is 1.25 bits per heavy atom. The van der Waals surface area contributed by atoms with Crippen molar-refractivity contribution in [1.29, 1.82) is 0 Å². The lowest BCUT2D eigenvalue weighted by atomic mass is 10.1. The lowest BCUT2D eigenvalue weighted by molar-refractivity contribution is 0.126. The molecule has 6 nitrogen and oxygen atoms in total. The lowest BCUT2D eigenvalue weighted by Gasteiger charge is -2.18. The third kappa shape index (κ3) is 2.92. The molecule has 0 saturated carbocycles. The first-order valence-electron chi connectivity index (χ1n) is 7.44. The highest BCUT2D eigenvalue weighted by atomic mass is 32.2. The molecular formula is C16H19N3O3S2. The summed E-state index contributed by atoms with van der Waals surface area (Å²) in [4.78, 5) is 8.33. The zero-order valence-corrected chi connectivity index (χ0v) is 15.4. The first-order valence-corrected chi connectivity index (χ1v) is 9.76. The molecule has 2 heterocycles. The number of nitrogens with zero attached hydrogens (tertiary/aromatic N) is 3. The molecule has 0 radical (unpaired) electrons. The van der Waals surface area contributed by atoms with E-state index < -0.39 is 10.0 Å². The summed E-state index contributed by atoms with van der Waals surface area (Å²) < 4.78 is 27.0. The van der Waals surface area contributed by atoms with Crippen molar-refractivity contribution in [2.45, 2.75) is 4.90 Å². The van der Waals surface area contributed by atoms with Gasteiger partial charge in [-0.05, 0) is 31.6 Å². The Kier molecular flexibility index (Phi) is 4.62. The molecule has 0 aliphatic carbocycles. The highest BCUT2D eigenvalue weighted by Crippen LogP contribution is 2.36. The van der Waals surface area contributed by atoms with Gasteiger partial charge in [-0.3, -0.25) is 4.31 Å². The van der Waals surface area contributed by atoms with E-state index >= 15 is 0 Å². The summed E-state index contributed by atoms with van der Waals surface area (Å²) in [6.07, 6.45) is 0. The number of likely N-dealkylation sites (N-methyl/N-ethyl adjacent to an activating group) is 1. The predicted molar refractivity (Wildman–Crippen MR) is 96.5 cm³/mol. The first-order chi connectivity index (χ1) is 11.4. The Morgan fingerprint density at radius 3 is 2.75 bits per heavy atom. The Morgan fingerprint density at radius 2 is 2.00 bits per heavy atom. The average Bonchev–Trinajstić information content (AvgIpc) is 3.02. The largest absolute Gasteiger partial charge is 0.394 e. The van der Waals surface area contributed by atoms with Crippen molar-refractivity contribution in [1.82, 2.24) is 4.90 Å².